The van der Waals surface area contributed by atoms with Crippen LogP contribution in [-0.2, 0) is 0 Å². The Kier molecular flexibility index (Phi) is 4.00. The average molecular weight is 161 g/mol. The van der Waals surface area contributed by atoms with Crippen LogP contribution in [0.25, 0.3) is 4.85 Å². The second-order valence-corrected chi connectivity index (χ2v) is 2.34. The van der Waals surface area contributed by atoms with Gasteiger partial charge >= 0.3 is 6.23 Å². The molecular weight excluding hydrogens is 150 g/mol. The summed E-state index contributed by atoms with van der Waals surface area (Å²) in [7, 11) is 0. The average Bonchev–Trinajstić information content (AvgIpc) is 2.08. The highest BCUT2D eigenvalue weighted by Gasteiger charge is 2.41. The third-order valence-electron chi connectivity index (χ3n) is 1.61. The van der Waals surface area contributed by atoms with Crippen LogP contribution in [0.5, 0.6) is 0 Å². The summed E-state index contributed by atoms with van der Waals surface area (Å²) in [5, 5.41) is 34.9. The number of nitrogens with zero attached hydrogens (tertiary/aromatic N) is 1. The number of rotatable bonds is 4. The summed E-state index contributed by atoms with van der Waals surface area (Å²) < 4.78 is 0. The van der Waals surface area contributed by atoms with E-state index in [4.69, 9.17) is 27.0 Å². The van der Waals surface area contributed by atoms with Crippen molar-refractivity contribution in [2.24, 2.45) is 5.41 Å². The zero-order valence-electron chi connectivity index (χ0n) is 5.93. The van der Waals surface area contributed by atoms with Gasteiger partial charge in [0.05, 0.1) is 19.8 Å². The normalized spacial score (nSPS) is 14.1. The van der Waals surface area contributed by atoms with Crippen LogP contribution >= 0.6 is 0 Å². The van der Waals surface area contributed by atoms with Gasteiger partial charge in [0.2, 0.25) is 0 Å². The minimum Gasteiger partial charge on any atom is -0.395 e. The summed E-state index contributed by atoms with van der Waals surface area (Å²) in [4.78, 5) is 2.70. The van der Waals surface area contributed by atoms with Crippen LogP contribution in [0.1, 0.15) is 0 Å². The summed E-state index contributed by atoms with van der Waals surface area (Å²) in [5.41, 5.74) is -1.50. The van der Waals surface area contributed by atoms with E-state index in [-0.39, 0.29) is 0 Å². The first-order valence-corrected chi connectivity index (χ1v) is 3.04. The van der Waals surface area contributed by atoms with Crippen molar-refractivity contribution in [3.63, 3.8) is 0 Å². The first-order valence-electron chi connectivity index (χ1n) is 3.04. The third-order valence-corrected chi connectivity index (χ3v) is 1.61. The van der Waals surface area contributed by atoms with Gasteiger partial charge in [-0.2, -0.15) is 0 Å². The number of aliphatic hydroxyl groups is 4. The molecule has 0 aromatic heterocycles. The lowest BCUT2D eigenvalue weighted by Gasteiger charge is -2.24. The molecule has 0 aromatic rings. The van der Waals surface area contributed by atoms with Crippen molar-refractivity contribution in [3.05, 3.63) is 11.4 Å². The van der Waals surface area contributed by atoms with Gasteiger partial charge in [0, 0.05) is 0 Å². The molecule has 0 aliphatic carbocycles. The van der Waals surface area contributed by atoms with Gasteiger partial charge in [0.25, 0.3) is 0 Å². The zero-order chi connectivity index (χ0) is 8.91. The van der Waals surface area contributed by atoms with Crippen LogP contribution < -0.4 is 0 Å². The molecule has 5 heteroatoms. The van der Waals surface area contributed by atoms with Gasteiger partial charge in [-0.15, -0.1) is 0 Å². The van der Waals surface area contributed by atoms with Gasteiger partial charge in [-0.25, -0.2) is 6.57 Å². The maximum absolute atomic E-state index is 8.93. The van der Waals surface area contributed by atoms with Crippen molar-refractivity contribution in [1.82, 2.24) is 0 Å². The molecule has 0 aromatic carbocycles. The third kappa shape index (κ3) is 1.88. The molecule has 0 spiro atoms. The molecule has 1 atom stereocenters. The van der Waals surface area contributed by atoms with Crippen molar-refractivity contribution in [1.29, 1.82) is 0 Å². The van der Waals surface area contributed by atoms with Gasteiger partial charge in [-0.05, 0) is 0 Å². The number of hydrogen-bond acceptors (Lipinski definition) is 4. The second-order valence-electron chi connectivity index (χ2n) is 2.34. The Balaban J connectivity index is 4.42. The predicted octanol–water partition coefficient (Wildman–Crippen LogP) is -1.81. The van der Waals surface area contributed by atoms with Crippen molar-refractivity contribution in [2.45, 2.75) is 6.23 Å². The molecule has 11 heavy (non-hydrogen) atoms. The first-order chi connectivity index (χ1) is 5.16. The summed E-state index contributed by atoms with van der Waals surface area (Å²) in [6.45, 7) is 4.55. The van der Waals surface area contributed by atoms with Crippen molar-refractivity contribution in [3.8, 4) is 0 Å². The molecule has 5 nitrogen and oxygen atoms in total. The van der Waals surface area contributed by atoms with Crippen LogP contribution in [0.3, 0.4) is 0 Å². The van der Waals surface area contributed by atoms with Gasteiger partial charge in [0.15, 0.2) is 0 Å². The lowest BCUT2D eigenvalue weighted by Crippen LogP contribution is -2.43. The molecule has 1 unspecified atom stereocenters. The van der Waals surface area contributed by atoms with Crippen LogP contribution in [0.2, 0.25) is 0 Å². The van der Waals surface area contributed by atoms with Gasteiger partial charge in [-0.3, -0.25) is 4.85 Å². The summed E-state index contributed by atoms with van der Waals surface area (Å²) in [6, 6.07) is 0. The van der Waals surface area contributed by atoms with Crippen LogP contribution in [0.15, 0.2) is 0 Å². The highest BCUT2D eigenvalue weighted by Crippen LogP contribution is 2.20. The van der Waals surface area contributed by atoms with Crippen molar-refractivity contribution in [2.75, 3.05) is 19.8 Å². The van der Waals surface area contributed by atoms with E-state index in [9.17, 15) is 0 Å². The number of hydrogen-bond donors (Lipinski definition) is 4. The van der Waals surface area contributed by atoms with E-state index in [0.29, 0.717) is 0 Å². The Morgan fingerprint density at radius 3 is 1.64 bits per heavy atom. The second kappa shape index (κ2) is 4.26. The molecule has 0 aliphatic heterocycles. The summed E-state index contributed by atoms with van der Waals surface area (Å²) >= 11 is 0. The Labute approximate surface area is 64.3 Å². The monoisotopic (exact) mass is 161 g/mol. The molecule has 0 heterocycles. The maximum atomic E-state index is 8.93. The van der Waals surface area contributed by atoms with E-state index in [1.165, 1.54) is 0 Å². The fourth-order valence-electron chi connectivity index (χ4n) is 0.532. The molecule has 0 rings (SSSR count). The van der Waals surface area contributed by atoms with Crippen LogP contribution in [0, 0.1) is 12.0 Å². The summed E-state index contributed by atoms with van der Waals surface area (Å²) in [5.74, 6) is 0. The first kappa shape index (κ1) is 10.3. The number of aliphatic hydroxyl groups excluding tert-OH is 4. The molecule has 0 radical (unpaired) electrons. The van der Waals surface area contributed by atoms with E-state index in [1.54, 1.807) is 0 Å². The molecule has 0 saturated heterocycles. The fourth-order valence-corrected chi connectivity index (χ4v) is 0.532. The molecule has 0 fully saturated rings. The van der Waals surface area contributed by atoms with E-state index in [1.807, 2.05) is 0 Å². The van der Waals surface area contributed by atoms with Crippen LogP contribution in [0.4, 0.5) is 0 Å². The van der Waals surface area contributed by atoms with Gasteiger partial charge in [0.1, 0.15) is 5.41 Å². The van der Waals surface area contributed by atoms with Gasteiger partial charge in [-0.1, -0.05) is 0 Å². The molecule has 0 aliphatic rings. The molecular formula is C6H11NO4. The Bertz CT molecular complexity index is 141. The fraction of sp³-hybridized carbons (Fsp3) is 0.833. The van der Waals surface area contributed by atoms with E-state index < -0.39 is 31.5 Å². The zero-order valence-corrected chi connectivity index (χ0v) is 5.93. The molecule has 0 bridgehead atoms. The minimum absolute atomic E-state index is 0.621. The topological polar surface area (TPSA) is 85.3 Å². The largest absolute Gasteiger partial charge is 0.395 e. The Morgan fingerprint density at radius 1 is 1.18 bits per heavy atom. The molecule has 0 amide bonds. The SMILES string of the molecule is [C-]#[N+]C(O)C(CO)(CO)CO. The van der Waals surface area contributed by atoms with Gasteiger partial charge < -0.3 is 20.4 Å². The highest BCUT2D eigenvalue weighted by molar-refractivity contribution is 4.89. The Hall–Kier alpha value is -0.670. The van der Waals surface area contributed by atoms with Crippen LogP contribution in [-0.4, -0.2) is 46.5 Å². The molecule has 0 saturated carbocycles. The van der Waals surface area contributed by atoms with E-state index >= 15 is 0 Å². The predicted molar refractivity (Wildman–Crippen MR) is 36.3 cm³/mol. The quantitative estimate of drug-likeness (QED) is 0.366. The lowest BCUT2D eigenvalue weighted by molar-refractivity contribution is -0.0645. The molecule has 4 N–H and O–H groups in total. The Morgan fingerprint density at radius 2 is 1.55 bits per heavy atom. The lowest BCUT2D eigenvalue weighted by atomic mass is 9.89. The van der Waals surface area contributed by atoms with Crippen molar-refractivity contribution >= 4 is 0 Å². The van der Waals surface area contributed by atoms with E-state index in [0.717, 1.165) is 0 Å². The smallest absolute Gasteiger partial charge is 0.337 e. The maximum Gasteiger partial charge on any atom is 0.337 e. The minimum atomic E-state index is -1.57. The van der Waals surface area contributed by atoms with E-state index in [2.05, 4.69) is 4.85 Å². The summed E-state index contributed by atoms with van der Waals surface area (Å²) in [6.07, 6.45) is -1.57. The van der Waals surface area contributed by atoms with Crippen molar-refractivity contribution < 1.29 is 20.4 Å². The highest BCUT2D eigenvalue weighted by atomic mass is 16.3. The standard InChI is InChI=1S/C6H11NO4/c1-7-5(11)6(2-8,3-9)4-10/h5,8-11H,2-4H2. The molecule has 64 valence electrons.